The lowest BCUT2D eigenvalue weighted by Crippen LogP contribution is -2.30. The molecule has 0 saturated heterocycles. The monoisotopic (exact) mass is 310 g/mol. The Labute approximate surface area is 126 Å². The van der Waals surface area contributed by atoms with E-state index in [1.807, 2.05) is 24.3 Å². The number of rotatable bonds is 5. The molecule has 20 heavy (non-hydrogen) atoms. The van der Waals surface area contributed by atoms with Crippen molar-refractivity contribution in [3.05, 3.63) is 45.6 Å². The third kappa shape index (κ3) is 3.88. The number of nitrogen functional groups attached to an aromatic ring is 1. The van der Waals surface area contributed by atoms with Crippen molar-refractivity contribution in [1.82, 2.24) is 4.90 Å². The molecule has 6 heteroatoms. The van der Waals surface area contributed by atoms with Crippen molar-refractivity contribution < 1.29 is 9.53 Å². The summed E-state index contributed by atoms with van der Waals surface area (Å²) >= 11 is 7.32. The largest absolute Gasteiger partial charge is 0.482 e. The summed E-state index contributed by atoms with van der Waals surface area (Å²) in [7, 11) is 1.73. The number of carbonyl (C=O) groups excluding carboxylic acids is 1. The molecule has 1 amide bonds. The Morgan fingerprint density at radius 1 is 1.35 bits per heavy atom. The molecule has 0 radical (unpaired) electrons. The Kier molecular flexibility index (Phi) is 4.87. The number of halogens is 1. The molecule has 2 aromatic rings. The predicted octanol–water partition coefficient (Wildman–Crippen LogP) is 3.02. The molecule has 1 aromatic carbocycles. The minimum atomic E-state index is -0.113. The second-order valence-electron chi connectivity index (χ2n) is 4.28. The SMILES string of the molecule is CN(Cc1ccc(Cl)s1)C(=O)COc1ccccc1N. The highest BCUT2D eigenvalue weighted by Crippen LogP contribution is 2.23. The van der Waals surface area contributed by atoms with Gasteiger partial charge in [0.2, 0.25) is 0 Å². The Morgan fingerprint density at radius 2 is 2.10 bits per heavy atom. The number of nitrogens with zero attached hydrogens (tertiary/aromatic N) is 1. The van der Waals surface area contributed by atoms with Crippen LogP contribution in [0.15, 0.2) is 36.4 Å². The van der Waals surface area contributed by atoms with Gasteiger partial charge in [-0.2, -0.15) is 0 Å². The van der Waals surface area contributed by atoms with E-state index in [2.05, 4.69) is 0 Å². The Balaban J connectivity index is 1.87. The minimum Gasteiger partial charge on any atom is -0.482 e. The van der Waals surface area contributed by atoms with Gasteiger partial charge in [-0.3, -0.25) is 4.79 Å². The van der Waals surface area contributed by atoms with E-state index in [0.717, 1.165) is 4.88 Å². The van der Waals surface area contributed by atoms with E-state index in [9.17, 15) is 4.79 Å². The molecule has 0 aliphatic heterocycles. The molecule has 0 aliphatic rings. The number of nitrogens with two attached hydrogens (primary N) is 1. The summed E-state index contributed by atoms with van der Waals surface area (Å²) in [5.41, 5.74) is 6.27. The maximum atomic E-state index is 12.0. The fourth-order valence-corrected chi connectivity index (χ4v) is 2.76. The second kappa shape index (κ2) is 6.63. The molecule has 0 saturated carbocycles. The highest BCUT2D eigenvalue weighted by molar-refractivity contribution is 7.16. The van der Waals surface area contributed by atoms with Crippen molar-refractivity contribution in [2.75, 3.05) is 19.4 Å². The maximum Gasteiger partial charge on any atom is 0.260 e. The topological polar surface area (TPSA) is 55.6 Å². The van der Waals surface area contributed by atoms with Crippen LogP contribution in [0.1, 0.15) is 4.88 Å². The van der Waals surface area contributed by atoms with Gasteiger partial charge in [0.1, 0.15) is 5.75 Å². The number of hydrogen-bond donors (Lipinski definition) is 1. The number of amides is 1. The van der Waals surface area contributed by atoms with Gasteiger partial charge in [0.05, 0.1) is 16.6 Å². The van der Waals surface area contributed by atoms with Crippen LogP contribution in [-0.4, -0.2) is 24.5 Å². The smallest absolute Gasteiger partial charge is 0.260 e. The molecule has 1 aromatic heterocycles. The molecule has 0 spiro atoms. The molecule has 2 rings (SSSR count). The van der Waals surface area contributed by atoms with Gasteiger partial charge in [-0.25, -0.2) is 0 Å². The van der Waals surface area contributed by atoms with Crippen molar-refractivity contribution >= 4 is 34.5 Å². The Bertz CT molecular complexity index is 600. The Morgan fingerprint density at radius 3 is 2.75 bits per heavy atom. The molecule has 0 atom stereocenters. The first-order valence-electron chi connectivity index (χ1n) is 6.02. The van der Waals surface area contributed by atoms with Gasteiger partial charge in [0.15, 0.2) is 6.61 Å². The zero-order valence-electron chi connectivity index (χ0n) is 11.0. The van der Waals surface area contributed by atoms with Crippen molar-refractivity contribution in [2.45, 2.75) is 6.54 Å². The van der Waals surface area contributed by atoms with Crippen LogP contribution in [0.2, 0.25) is 4.34 Å². The van der Waals surface area contributed by atoms with Crippen molar-refractivity contribution in [2.24, 2.45) is 0 Å². The summed E-state index contributed by atoms with van der Waals surface area (Å²) in [6.45, 7) is 0.480. The molecule has 4 nitrogen and oxygen atoms in total. The standard InChI is InChI=1S/C14H15ClN2O2S/c1-17(8-10-6-7-13(15)20-10)14(18)9-19-12-5-3-2-4-11(12)16/h2-7H,8-9,16H2,1H3. The van der Waals surface area contributed by atoms with Crippen LogP contribution in [0.25, 0.3) is 0 Å². The van der Waals surface area contributed by atoms with Crippen LogP contribution in [-0.2, 0) is 11.3 Å². The molecule has 1 heterocycles. The number of para-hydroxylation sites is 2. The molecular weight excluding hydrogens is 296 g/mol. The van der Waals surface area contributed by atoms with Gasteiger partial charge < -0.3 is 15.4 Å². The molecule has 0 unspecified atom stereocenters. The minimum absolute atomic E-state index is 0.0379. The first-order chi connectivity index (χ1) is 9.56. The van der Waals surface area contributed by atoms with E-state index in [1.54, 1.807) is 24.1 Å². The van der Waals surface area contributed by atoms with E-state index < -0.39 is 0 Å². The van der Waals surface area contributed by atoms with E-state index in [-0.39, 0.29) is 12.5 Å². The van der Waals surface area contributed by atoms with Crippen LogP contribution in [0.4, 0.5) is 5.69 Å². The van der Waals surface area contributed by atoms with Crippen LogP contribution in [0.3, 0.4) is 0 Å². The molecule has 106 valence electrons. The predicted molar refractivity (Wildman–Crippen MR) is 82.2 cm³/mol. The van der Waals surface area contributed by atoms with Gasteiger partial charge >= 0.3 is 0 Å². The molecular formula is C14H15ClN2O2S. The van der Waals surface area contributed by atoms with Crippen LogP contribution in [0.5, 0.6) is 5.75 Å². The number of ether oxygens (including phenoxy) is 1. The summed E-state index contributed by atoms with van der Waals surface area (Å²) < 4.78 is 6.14. The number of carbonyl (C=O) groups is 1. The first-order valence-corrected chi connectivity index (χ1v) is 7.21. The van der Waals surface area contributed by atoms with Gasteiger partial charge in [-0.05, 0) is 24.3 Å². The first kappa shape index (κ1) is 14.7. The fraction of sp³-hybridized carbons (Fsp3) is 0.214. The van der Waals surface area contributed by atoms with Crippen molar-refractivity contribution in [1.29, 1.82) is 0 Å². The number of benzene rings is 1. The normalized spacial score (nSPS) is 10.3. The number of thiophene rings is 1. The third-order valence-electron chi connectivity index (χ3n) is 2.72. The molecule has 0 fully saturated rings. The van der Waals surface area contributed by atoms with Crippen LogP contribution >= 0.6 is 22.9 Å². The quantitative estimate of drug-likeness (QED) is 0.864. The van der Waals surface area contributed by atoms with Gasteiger partial charge in [0.25, 0.3) is 5.91 Å². The molecule has 0 bridgehead atoms. The highest BCUT2D eigenvalue weighted by Gasteiger charge is 2.12. The van der Waals surface area contributed by atoms with Crippen LogP contribution < -0.4 is 10.5 Å². The summed E-state index contributed by atoms with van der Waals surface area (Å²) in [6.07, 6.45) is 0. The lowest BCUT2D eigenvalue weighted by Gasteiger charge is -2.17. The van der Waals surface area contributed by atoms with Gasteiger partial charge in [-0.1, -0.05) is 23.7 Å². The van der Waals surface area contributed by atoms with E-state index in [1.165, 1.54) is 11.3 Å². The molecule has 0 aliphatic carbocycles. The van der Waals surface area contributed by atoms with Crippen molar-refractivity contribution in [3.63, 3.8) is 0 Å². The summed E-state index contributed by atoms with van der Waals surface area (Å²) in [4.78, 5) is 14.6. The zero-order valence-corrected chi connectivity index (χ0v) is 12.6. The van der Waals surface area contributed by atoms with Gasteiger partial charge in [-0.15, -0.1) is 11.3 Å². The van der Waals surface area contributed by atoms with E-state index >= 15 is 0 Å². The zero-order chi connectivity index (χ0) is 14.5. The van der Waals surface area contributed by atoms with Crippen LogP contribution in [0, 0.1) is 0 Å². The maximum absolute atomic E-state index is 12.0. The highest BCUT2D eigenvalue weighted by atomic mass is 35.5. The summed E-state index contributed by atoms with van der Waals surface area (Å²) in [5, 5.41) is 0. The fourth-order valence-electron chi connectivity index (χ4n) is 1.62. The lowest BCUT2D eigenvalue weighted by atomic mass is 10.3. The van der Waals surface area contributed by atoms with Crippen molar-refractivity contribution in [3.8, 4) is 5.75 Å². The van der Waals surface area contributed by atoms with E-state index in [0.29, 0.717) is 22.3 Å². The summed E-state index contributed by atoms with van der Waals surface area (Å²) in [5.74, 6) is 0.409. The number of likely N-dealkylation sites (N-methyl/N-ethyl adjacent to an activating group) is 1. The average molecular weight is 311 g/mol. The second-order valence-corrected chi connectivity index (χ2v) is 6.08. The Hall–Kier alpha value is -1.72. The third-order valence-corrected chi connectivity index (χ3v) is 3.93. The lowest BCUT2D eigenvalue weighted by molar-refractivity contribution is -0.132. The molecule has 2 N–H and O–H groups in total. The number of anilines is 1. The van der Waals surface area contributed by atoms with Gasteiger partial charge in [0, 0.05) is 11.9 Å². The average Bonchev–Trinajstić information content (AvgIpc) is 2.82. The van der Waals surface area contributed by atoms with E-state index in [4.69, 9.17) is 22.1 Å². The summed E-state index contributed by atoms with van der Waals surface area (Å²) in [6, 6.07) is 10.8. The number of hydrogen-bond acceptors (Lipinski definition) is 4.